The van der Waals surface area contributed by atoms with Crippen molar-refractivity contribution in [2.24, 2.45) is 5.10 Å². The second-order valence-corrected chi connectivity index (χ2v) is 7.25. The van der Waals surface area contributed by atoms with Gasteiger partial charge in [0.25, 0.3) is 0 Å². The van der Waals surface area contributed by atoms with Gasteiger partial charge in [-0.25, -0.2) is 5.43 Å². The molecule has 2 aromatic rings. The van der Waals surface area contributed by atoms with Crippen LogP contribution in [-0.4, -0.2) is 30.1 Å². The molecule has 0 aromatic heterocycles. The van der Waals surface area contributed by atoms with Gasteiger partial charge in [-0.1, -0.05) is 15.9 Å². The zero-order valence-corrected chi connectivity index (χ0v) is 16.6. The van der Waals surface area contributed by atoms with E-state index in [0.717, 1.165) is 20.5 Å². The maximum Gasteiger partial charge on any atom is 0.250 e. The molecule has 0 bridgehead atoms. The molecule has 0 saturated carbocycles. The first-order valence-electron chi connectivity index (χ1n) is 7.49. The highest BCUT2D eigenvalue weighted by Gasteiger charge is 2.07. The molecule has 7 heteroatoms. The molecule has 0 fully saturated rings. The third-order valence-electron chi connectivity index (χ3n) is 3.42. The fourth-order valence-corrected chi connectivity index (χ4v) is 3.39. The van der Waals surface area contributed by atoms with E-state index in [1.165, 1.54) is 31.2 Å². The van der Waals surface area contributed by atoms with Crippen LogP contribution in [0.1, 0.15) is 16.7 Å². The Kier molecular flexibility index (Phi) is 6.90. The van der Waals surface area contributed by atoms with E-state index in [-0.39, 0.29) is 17.4 Å². The lowest BCUT2D eigenvalue weighted by atomic mass is 10.2. The number of nitrogens with zero attached hydrogens (tertiary/aromatic N) is 1. The minimum atomic E-state index is -0.188. The number of rotatable bonds is 6. The summed E-state index contributed by atoms with van der Waals surface area (Å²) in [5.41, 5.74) is 5.46. The average molecular weight is 423 g/mol. The van der Waals surface area contributed by atoms with Crippen molar-refractivity contribution in [2.75, 3.05) is 12.9 Å². The van der Waals surface area contributed by atoms with Crippen molar-refractivity contribution >= 4 is 39.8 Å². The van der Waals surface area contributed by atoms with Crippen LogP contribution in [0.2, 0.25) is 0 Å². The van der Waals surface area contributed by atoms with Gasteiger partial charge in [-0.05, 0) is 60.9 Å². The smallest absolute Gasteiger partial charge is 0.250 e. The molecule has 2 N–H and O–H groups in total. The van der Waals surface area contributed by atoms with Gasteiger partial charge < -0.3 is 9.84 Å². The average Bonchev–Trinajstić information content (AvgIpc) is 2.58. The maximum absolute atomic E-state index is 11.9. The van der Waals surface area contributed by atoms with Gasteiger partial charge in [-0.2, -0.15) is 5.10 Å². The van der Waals surface area contributed by atoms with Gasteiger partial charge in [-0.3, -0.25) is 4.79 Å². The molecule has 1 amide bonds. The number of hydrogen-bond acceptors (Lipinski definition) is 5. The fourth-order valence-electron chi connectivity index (χ4n) is 2.04. The number of hydrazone groups is 1. The van der Waals surface area contributed by atoms with Crippen LogP contribution in [0, 0.1) is 13.8 Å². The number of amides is 1. The van der Waals surface area contributed by atoms with Gasteiger partial charge >= 0.3 is 0 Å². The Hall–Kier alpha value is -1.99. The largest absolute Gasteiger partial charge is 0.504 e. The number of halogens is 1. The van der Waals surface area contributed by atoms with Crippen molar-refractivity contribution < 1.29 is 14.6 Å². The molecule has 0 spiro atoms. The predicted octanol–water partition coefficient (Wildman–Crippen LogP) is 4.02. The van der Waals surface area contributed by atoms with E-state index in [1.54, 1.807) is 12.1 Å². The minimum absolute atomic E-state index is 0.0558. The Morgan fingerprint density at radius 2 is 2.08 bits per heavy atom. The Labute approximate surface area is 159 Å². The zero-order valence-electron chi connectivity index (χ0n) is 14.2. The summed E-state index contributed by atoms with van der Waals surface area (Å²) in [4.78, 5) is 13.0. The zero-order chi connectivity index (χ0) is 18.4. The molecular formula is C18H19BrN2O3S. The third kappa shape index (κ3) is 5.51. The normalized spacial score (nSPS) is 10.9. The lowest BCUT2D eigenvalue weighted by molar-refractivity contribution is -0.118. The van der Waals surface area contributed by atoms with Crippen LogP contribution in [0.3, 0.4) is 0 Å². The van der Waals surface area contributed by atoms with Gasteiger partial charge in [0.1, 0.15) is 0 Å². The Morgan fingerprint density at radius 1 is 1.32 bits per heavy atom. The molecule has 0 aliphatic heterocycles. The first-order chi connectivity index (χ1) is 11.9. The highest BCUT2D eigenvalue weighted by Crippen LogP contribution is 2.28. The Morgan fingerprint density at radius 3 is 2.80 bits per heavy atom. The molecule has 0 unspecified atom stereocenters. The molecule has 0 atom stereocenters. The first-order valence-corrected chi connectivity index (χ1v) is 9.27. The topological polar surface area (TPSA) is 70.9 Å². The van der Waals surface area contributed by atoms with E-state index in [1.807, 2.05) is 19.9 Å². The number of aryl methyl sites for hydroxylation is 2. The summed E-state index contributed by atoms with van der Waals surface area (Å²) in [5.74, 6) is 0.497. The molecule has 0 heterocycles. The summed E-state index contributed by atoms with van der Waals surface area (Å²) >= 11 is 4.97. The lowest BCUT2D eigenvalue weighted by Gasteiger charge is -2.08. The molecule has 0 aliphatic rings. The van der Waals surface area contributed by atoms with E-state index in [0.29, 0.717) is 11.3 Å². The van der Waals surface area contributed by atoms with Crippen LogP contribution in [0.15, 0.2) is 44.8 Å². The number of nitrogens with one attached hydrogen (secondary N) is 1. The van der Waals surface area contributed by atoms with Crippen LogP contribution in [0.25, 0.3) is 0 Å². The number of phenols is 1. The van der Waals surface area contributed by atoms with E-state index in [4.69, 9.17) is 4.74 Å². The number of ether oxygens (including phenoxy) is 1. The molecule has 25 heavy (non-hydrogen) atoms. The van der Waals surface area contributed by atoms with Crippen molar-refractivity contribution in [2.45, 2.75) is 18.7 Å². The monoisotopic (exact) mass is 422 g/mol. The molecule has 0 saturated heterocycles. The number of methoxy groups -OCH3 is 1. The highest BCUT2D eigenvalue weighted by atomic mass is 79.9. The predicted molar refractivity (Wildman–Crippen MR) is 105 cm³/mol. The molecule has 132 valence electrons. The van der Waals surface area contributed by atoms with E-state index >= 15 is 0 Å². The van der Waals surface area contributed by atoms with Crippen molar-refractivity contribution in [3.63, 3.8) is 0 Å². The van der Waals surface area contributed by atoms with E-state index < -0.39 is 0 Å². The van der Waals surface area contributed by atoms with Crippen LogP contribution in [0.5, 0.6) is 11.5 Å². The van der Waals surface area contributed by atoms with Crippen molar-refractivity contribution in [1.29, 1.82) is 0 Å². The lowest BCUT2D eigenvalue weighted by Crippen LogP contribution is -2.19. The van der Waals surface area contributed by atoms with Crippen molar-refractivity contribution in [3.8, 4) is 11.5 Å². The Balaban J connectivity index is 1.90. The third-order valence-corrected chi connectivity index (χ3v) is 5.43. The number of carbonyl (C=O) groups is 1. The summed E-state index contributed by atoms with van der Waals surface area (Å²) in [7, 11) is 1.47. The summed E-state index contributed by atoms with van der Waals surface area (Å²) < 4.78 is 6.09. The summed E-state index contributed by atoms with van der Waals surface area (Å²) in [6.45, 7) is 4.03. The quantitative estimate of drug-likeness (QED) is 0.418. The van der Waals surface area contributed by atoms with Gasteiger partial charge in [0.2, 0.25) is 5.91 Å². The van der Waals surface area contributed by atoms with Crippen molar-refractivity contribution in [1.82, 2.24) is 5.43 Å². The van der Waals surface area contributed by atoms with E-state index in [9.17, 15) is 9.90 Å². The molecule has 5 nitrogen and oxygen atoms in total. The van der Waals surface area contributed by atoms with Gasteiger partial charge in [0.15, 0.2) is 11.5 Å². The summed E-state index contributed by atoms with van der Waals surface area (Å²) in [6.07, 6.45) is 1.50. The van der Waals surface area contributed by atoms with Crippen LogP contribution < -0.4 is 10.2 Å². The SMILES string of the molecule is COc1cc(C=NNC(=O)CSc2cc(C)c(Br)cc2C)ccc1O. The van der Waals surface area contributed by atoms with Gasteiger partial charge in [-0.15, -0.1) is 11.8 Å². The molecule has 2 aromatic carbocycles. The van der Waals surface area contributed by atoms with Gasteiger partial charge in [0, 0.05) is 9.37 Å². The minimum Gasteiger partial charge on any atom is -0.504 e. The second kappa shape index (κ2) is 8.92. The number of thioether (sulfide) groups is 1. The summed E-state index contributed by atoms with van der Waals surface area (Å²) in [6, 6.07) is 8.93. The van der Waals surface area contributed by atoms with Gasteiger partial charge in [0.05, 0.1) is 19.1 Å². The maximum atomic E-state index is 11.9. The van der Waals surface area contributed by atoms with Crippen LogP contribution >= 0.6 is 27.7 Å². The standard InChI is InChI=1S/C18H19BrN2O3S/c1-11-7-17(12(2)6-14(11)19)25-10-18(23)21-20-9-13-4-5-15(22)16(8-13)24-3/h4-9,22H,10H2,1-3H3,(H,21,23). The number of benzene rings is 2. The van der Waals surface area contributed by atoms with Crippen LogP contribution in [0.4, 0.5) is 0 Å². The Bertz CT molecular complexity index is 809. The number of hydrogen-bond donors (Lipinski definition) is 2. The molecular weight excluding hydrogens is 404 g/mol. The molecule has 0 aliphatic carbocycles. The molecule has 2 rings (SSSR count). The number of phenolic OH excluding ortho intramolecular Hbond substituents is 1. The van der Waals surface area contributed by atoms with Crippen LogP contribution in [-0.2, 0) is 4.79 Å². The fraction of sp³-hybridized carbons (Fsp3) is 0.222. The number of carbonyl (C=O) groups excluding carboxylic acids is 1. The molecule has 0 radical (unpaired) electrons. The second-order valence-electron chi connectivity index (χ2n) is 5.38. The first kappa shape index (κ1) is 19.3. The number of aromatic hydroxyl groups is 1. The highest BCUT2D eigenvalue weighted by molar-refractivity contribution is 9.10. The summed E-state index contributed by atoms with van der Waals surface area (Å²) in [5, 5.41) is 13.5. The van der Waals surface area contributed by atoms with Crippen molar-refractivity contribution in [3.05, 3.63) is 51.5 Å². The van der Waals surface area contributed by atoms with E-state index in [2.05, 4.69) is 32.5 Å².